The molecule has 1 unspecified atom stereocenters. The molecule has 0 saturated carbocycles. The van der Waals surface area contributed by atoms with E-state index in [1.54, 1.807) is 7.11 Å². The molecule has 0 fully saturated rings. The Labute approximate surface area is 103 Å². The minimum atomic E-state index is 0.271. The number of ether oxygens (including phenoxy) is 1. The molecule has 90 valence electrons. The van der Waals surface area contributed by atoms with Crippen LogP contribution in [0.2, 0.25) is 0 Å². The number of alkyl halides is 1. The van der Waals surface area contributed by atoms with E-state index in [9.17, 15) is 0 Å². The molecular weight excluding hydrogens is 222 g/mol. The van der Waals surface area contributed by atoms with E-state index in [4.69, 9.17) is 16.3 Å². The lowest BCUT2D eigenvalue weighted by atomic mass is 10.2. The highest BCUT2D eigenvalue weighted by atomic mass is 35.5. The monoisotopic (exact) mass is 241 g/mol. The van der Waals surface area contributed by atoms with Gasteiger partial charge in [0.15, 0.2) is 0 Å². The second-order valence-corrected chi connectivity index (χ2v) is 4.66. The lowest BCUT2D eigenvalue weighted by molar-refractivity contribution is 0.407. The molecule has 0 saturated heterocycles. The summed E-state index contributed by atoms with van der Waals surface area (Å²) in [6.07, 6.45) is 2.17. The second-order valence-electron chi connectivity index (χ2n) is 3.91. The molecule has 0 bridgehead atoms. The molecule has 1 aromatic carbocycles. The van der Waals surface area contributed by atoms with Crippen molar-refractivity contribution in [1.82, 2.24) is 5.32 Å². The highest BCUT2D eigenvalue weighted by molar-refractivity contribution is 6.20. The van der Waals surface area contributed by atoms with Crippen LogP contribution < -0.4 is 10.1 Å². The number of para-hydroxylation sites is 1. The van der Waals surface area contributed by atoms with E-state index in [1.165, 1.54) is 5.56 Å². The Morgan fingerprint density at radius 1 is 1.38 bits per heavy atom. The van der Waals surface area contributed by atoms with E-state index in [0.29, 0.717) is 0 Å². The zero-order valence-corrected chi connectivity index (χ0v) is 10.8. The quantitative estimate of drug-likeness (QED) is 0.585. The minimum absolute atomic E-state index is 0.271. The van der Waals surface area contributed by atoms with Gasteiger partial charge >= 0.3 is 0 Å². The Kier molecular flexibility index (Phi) is 6.27. The molecule has 0 amide bonds. The molecule has 0 spiro atoms. The first-order chi connectivity index (χ1) is 7.74. The van der Waals surface area contributed by atoms with Crippen LogP contribution in [0.1, 0.15) is 25.3 Å². The van der Waals surface area contributed by atoms with Crippen LogP contribution in [-0.2, 0) is 6.54 Å². The van der Waals surface area contributed by atoms with Crippen molar-refractivity contribution in [3.8, 4) is 5.75 Å². The van der Waals surface area contributed by atoms with Crippen molar-refractivity contribution in [2.24, 2.45) is 0 Å². The van der Waals surface area contributed by atoms with E-state index in [-0.39, 0.29) is 5.38 Å². The van der Waals surface area contributed by atoms with Crippen molar-refractivity contribution in [2.45, 2.75) is 31.7 Å². The summed E-state index contributed by atoms with van der Waals surface area (Å²) in [5.41, 5.74) is 1.20. The molecular formula is C13H20ClNO. The maximum Gasteiger partial charge on any atom is 0.123 e. The first-order valence-electron chi connectivity index (χ1n) is 5.70. The van der Waals surface area contributed by atoms with Gasteiger partial charge in [0.2, 0.25) is 0 Å². The standard InChI is InChI=1S/C13H20ClNO/c1-11(14)6-5-9-15-10-12-7-3-4-8-13(12)16-2/h3-4,7-8,11,15H,5-6,9-10H2,1-2H3. The zero-order valence-electron chi connectivity index (χ0n) is 10.0. The first-order valence-corrected chi connectivity index (χ1v) is 6.14. The Morgan fingerprint density at radius 2 is 2.12 bits per heavy atom. The topological polar surface area (TPSA) is 21.3 Å². The van der Waals surface area contributed by atoms with Gasteiger partial charge in [-0.1, -0.05) is 18.2 Å². The van der Waals surface area contributed by atoms with Crippen molar-refractivity contribution in [1.29, 1.82) is 0 Å². The summed E-state index contributed by atoms with van der Waals surface area (Å²) < 4.78 is 5.28. The smallest absolute Gasteiger partial charge is 0.123 e. The minimum Gasteiger partial charge on any atom is -0.496 e. The molecule has 16 heavy (non-hydrogen) atoms. The first kappa shape index (κ1) is 13.3. The van der Waals surface area contributed by atoms with Crippen LogP contribution in [0.5, 0.6) is 5.75 Å². The van der Waals surface area contributed by atoms with E-state index in [0.717, 1.165) is 31.7 Å². The Balaban J connectivity index is 2.26. The van der Waals surface area contributed by atoms with Crippen LogP contribution >= 0.6 is 11.6 Å². The molecule has 1 rings (SSSR count). The number of benzene rings is 1. The van der Waals surface area contributed by atoms with Gasteiger partial charge in [-0.05, 0) is 32.4 Å². The van der Waals surface area contributed by atoms with Gasteiger partial charge in [0.05, 0.1) is 7.11 Å². The lowest BCUT2D eigenvalue weighted by Gasteiger charge is -2.09. The molecule has 0 aliphatic carbocycles. The fourth-order valence-electron chi connectivity index (χ4n) is 1.58. The second kappa shape index (κ2) is 7.53. The van der Waals surface area contributed by atoms with Gasteiger partial charge in [-0.2, -0.15) is 0 Å². The molecule has 0 aliphatic rings. The Morgan fingerprint density at radius 3 is 2.81 bits per heavy atom. The van der Waals surface area contributed by atoms with Crippen LogP contribution in [0.15, 0.2) is 24.3 Å². The fraction of sp³-hybridized carbons (Fsp3) is 0.538. The number of hydrogen-bond donors (Lipinski definition) is 1. The summed E-state index contributed by atoms with van der Waals surface area (Å²) in [6, 6.07) is 8.08. The van der Waals surface area contributed by atoms with Crippen molar-refractivity contribution >= 4 is 11.6 Å². The molecule has 0 heterocycles. The maximum atomic E-state index is 5.87. The van der Waals surface area contributed by atoms with Gasteiger partial charge in [0.1, 0.15) is 5.75 Å². The van der Waals surface area contributed by atoms with Crippen molar-refractivity contribution in [3.05, 3.63) is 29.8 Å². The van der Waals surface area contributed by atoms with E-state index < -0.39 is 0 Å². The number of halogens is 1. The summed E-state index contributed by atoms with van der Waals surface area (Å²) in [7, 11) is 1.70. The normalized spacial score (nSPS) is 12.4. The van der Waals surface area contributed by atoms with Crippen molar-refractivity contribution < 1.29 is 4.74 Å². The summed E-state index contributed by atoms with van der Waals surface area (Å²) in [6.45, 7) is 3.87. The van der Waals surface area contributed by atoms with Crippen LogP contribution in [-0.4, -0.2) is 19.0 Å². The molecule has 2 nitrogen and oxygen atoms in total. The fourth-order valence-corrected chi connectivity index (χ4v) is 1.73. The molecule has 1 atom stereocenters. The average molecular weight is 242 g/mol. The number of methoxy groups -OCH3 is 1. The highest BCUT2D eigenvalue weighted by Crippen LogP contribution is 2.16. The number of hydrogen-bond acceptors (Lipinski definition) is 2. The van der Waals surface area contributed by atoms with Crippen molar-refractivity contribution in [2.75, 3.05) is 13.7 Å². The van der Waals surface area contributed by atoms with Crippen LogP contribution in [0.25, 0.3) is 0 Å². The predicted octanol–water partition coefficient (Wildman–Crippen LogP) is 3.19. The van der Waals surface area contributed by atoms with Crippen LogP contribution in [0.4, 0.5) is 0 Å². The lowest BCUT2D eigenvalue weighted by Crippen LogP contribution is -2.16. The van der Waals surface area contributed by atoms with Crippen LogP contribution in [0, 0.1) is 0 Å². The Bertz CT molecular complexity index is 302. The van der Waals surface area contributed by atoms with Gasteiger partial charge in [-0.25, -0.2) is 0 Å². The summed E-state index contributed by atoms with van der Waals surface area (Å²) in [4.78, 5) is 0. The third kappa shape index (κ3) is 4.86. The summed E-state index contributed by atoms with van der Waals surface area (Å²) in [5, 5.41) is 3.66. The maximum absolute atomic E-state index is 5.87. The number of nitrogens with one attached hydrogen (secondary N) is 1. The molecule has 0 aromatic heterocycles. The van der Waals surface area contributed by atoms with E-state index in [2.05, 4.69) is 11.4 Å². The van der Waals surface area contributed by atoms with E-state index >= 15 is 0 Å². The molecule has 1 aromatic rings. The van der Waals surface area contributed by atoms with Gasteiger partial charge in [-0.3, -0.25) is 0 Å². The third-order valence-electron chi connectivity index (χ3n) is 2.46. The molecule has 0 aliphatic heterocycles. The van der Waals surface area contributed by atoms with Gasteiger partial charge < -0.3 is 10.1 Å². The SMILES string of the molecule is COc1ccccc1CNCCCC(C)Cl. The summed E-state index contributed by atoms with van der Waals surface area (Å²) in [5.74, 6) is 0.945. The van der Waals surface area contributed by atoms with Gasteiger partial charge in [0.25, 0.3) is 0 Å². The summed E-state index contributed by atoms with van der Waals surface area (Å²) >= 11 is 5.87. The van der Waals surface area contributed by atoms with Gasteiger partial charge in [0, 0.05) is 17.5 Å². The average Bonchev–Trinajstić information content (AvgIpc) is 2.29. The van der Waals surface area contributed by atoms with Crippen LogP contribution in [0.3, 0.4) is 0 Å². The molecule has 1 N–H and O–H groups in total. The number of rotatable bonds is 7. The van der Waals surface area contributed by atoms with Crippen molar-refractivity contribution in [3.63, 3.8) is 0 Å². The predicted molar refractivity (Wildman–Crippen MR) is 69.2 cm³/mol. The Hall–Kier alpha value is -0.730. The van der Waals surface area contributed by atoms with Gasteiger partial charge in [-0.15, -0.1) is 11.6 Å². The zero-order chi connectivity index (χ0) is 11.8. The van der Waals surface area contributed by atoms with E-state index in [1.807, 2.05) is 25.1 Å². The third-order valence-corrected chi connectivity index (χ3v) is 2.68. The largest absolute Gasteiger partial charge is 0.496 e. The highest BCUT2D eigenvalue weighted by Gasteiger charge is 2.00. The molecule has 3 heteroatoms. The molecule has 0 radical (unpaired) electrons.